The van der Waals surface area contributed by atoms with Gasteiger partial charge in [0.2, 0.25) is 15.9 Å². The lowest BCUT2D eigenvalue weighted by atomic mass is 10.2. The average Bonchev–Trinajstić information content (AvgIpc) is 2.48. The fraction of sp³-hybridized carbons (Fsp3) is 0.462. The predicted molar refractivity (Wildman–Crippen MR) is 89.6 cm³/mol. The number of amides is 1. The molecule has 1 aromatic carbocycles. The molecule has 9 nitrogen and oxygen atoms in total. The SMILES string of the molecule is CS(=O)(=O)N1CCN(CC(=O)Nc2cc([N+](=O)[O-])ccc2Cl)CC1. The number of rotatable bonds is 5. The summed E-state index contributed by atoms with van der Waals surface area (Å²) < 4.78 is 24.2. The highest BCUT2D eigenvalue weighted by molar-refractivity contribution is 7.88. The van der Waals surface area contributed by atoms with E-state index in [4.69, 9.17) is 11.6 Å². The molecule has 0 bridgehead atoms. The molecule has 1 saturated heterocycles. The van der Waals surface area contributed by atoms with Gasteiger partial charge in [-0.25, -0.2) is 8.42 Å². The maximum atomic E-state index is 12.1. The van der Waals surface area contributed by atoms with E-state index in [0.717, 1.165) is 6.26 Å². The van der Waals surface area contributed by atoms with Crippen LogP contribution in [0.25, 0.3) is 0 Å². The third-order valence-electron chi connectivity index (χ3n) is 3.60. The average molecular weight is 377 g/mol. The molecule has 0 aromatic heterocycles. The summed E-state index contributed by atoms with van der Waals surface area (Å²) in [5, 5.41) is 13.5. The van der Waals surface area contributed by atoms with Crippen LogP contribution in [0.2, 0.25) is 5.02 Å². The standard InChI is InChI=1S/C13H17ClN4O5S/c1-24(22,23)17-6-4-16(5-7-17)9-13(19)15-12-8-10(18(20)21)2-3-11(12)14/h2-3,8H,4-7,9H2,1H3,(H,15,19). The second-order valence-electron chi connectivity index (χ2n) is 5.41. The van der Waals surface area contributed by atoms with Gasteiger partial charge in [-0.2, -0.15) is 4.31 Å². The Hall–Kier alpha value is -1.75. The molecule has 1 N–H and O–H groups in total. The van der Waals surface area contributed by atoms with Crippen molar-refractivity contribution in [2.45, 2.75) is 0 Å². The first-order valence-electron chi connectivity index (χ1n) is 7.08. The van der Waals surface area contributed by atoms with Gasteiger partial charge >= 0.3 is 0 Å². The summed E-state index contributed by atoms with van der Waals surface area (Å²) in [5.41, 5.74) is 0.00195. The molecule has 0 radical (unpaired) electrons. The number of nitro benzene ring substituents is 1. The largest absolute Gasteiger partial charge is 0.323 e. The number of hydrogen-bond donors (Lipinski definition) is 1. The summed E-state index contributed by atoms with van der Waals surface area (Å²) in [4.78, 5) is 24.1. The molecule has 1 aliphatic heterocycles. The number of non-ortho nitro benzene ring substituents is 1. The zero-order chi connectivity index (χ0) is 17.9. The van der Waals surface area contributed by atoms with Gasteiger partial charge in [-0.3, -0.25) is 19.8 Å². The Labute approximate surface area is 144 Å². The van der Waals surface area contributed by atoms with Crippen LogP contribution in [0.1, 0.15) is 0 Å². The fourth-order valence-corrected chi connectivity index (χ4v) is 3.33. The monoisotopic (exact) mass is 376 g/mol. The highest BCUT2D eigenvalue weighted by Crippen LogP contribution is 2.26. The lowest BCUT2D eigenvalue weighted by Gasteiger charge is -2.32. The Kier molecular flexibility index (Phi) is 5.75. The first-order valence-corrected chi connectivity index (χ1v) is 9.31. The summed E-state index contributed by atoms with van der Waals surface area (Å²) in [7, 11) is -3.22. The molecular weight excluding hydrogens is 360 g/mol. The molecular formula is C13H17ClN4O5S. The molecule has 0 atom stereocenters. The van der Waals surface area contributed by atoms with Crippen LogP contribution in [-0.4, -0.2) is 67.4 Å². The number of nitrogens with one attached hydrogen (secondary N) is 1. The number of anilines is 1. The van der Waals surface area contributed by atoms with E-state index in [-0.39, 0.29) is 28.8 Å². The highest BCUT2D eigenvalue weighted by atomic mass is 35.5. The molecule has 11 heteroatoms. The van der Waals surface area contributed by atoms with E-state index in [0.29, 0.717) is 26.2 Å². The molecule has 0 saturated carbocycles. The quantitative estimate of drug-likeness (QED) is 0.599. The summed E-state index contributed by atoms with van der Waals surface area (Å²) >= 11 is 5.93. The van der Waals surface area contributed by atoms with Gasteiger partial charge < -0.3 is 5.32 Å². The van der Waals surface area contributed by atoms with E-state index in [1.165, 1.54) is 22.5 Å². The van der Waals surface area contributed by atoms with Gasteiger partial charge in [0.05, 0.1) is 28.4 Å². The third-order valence-corrected chi connectivity index (χ3v) is 5.24. The summed E-state index contributed by atoms with van der Waals surface area (Å²) in [5.74, 6) is -0.370. The molecule has 0 unspecified atom stereocenters. The molecule has 1 amide bonds. The van der Waals surface area contributed by atoms with Gasteiger partial charge in [0.15, 0.2) is 0 Å². The van der Waals surface area contributed by atoms with E-state index < -0.39 is 14.9 Å². The van der Waals surface area contributed by atoms with Crippen molar-refractivity contribution in [1.29, 1.82) is 0 Å². The van der Waals surface area contributed by atoms with Gasteiger partial charge in [0, 0.05) is 38.3 Å². The van der Waals surface area contributed by atoms with Crippen molar-refractivity contribution < 1.29 is 18.1 Å². The van der Waals surface area contributed by atoms with Crippen LogP contribution in [0.4, 0.5) is 11.4 Å². The second kappa shape index (κ2) is 7.43. The van der Waals surface area contributed by atoms with E-state index in [1.54, 1.807) is 0 Å². The smallest absolute Gasteiger partial charge is 0.271 e. The number of hydrogen-bond acceptors (Lipinski definition) is 6. The highest BCUT2D eigenvalue weighted by Gasteiger charge is 2.24. The molecule has 1 aromatic rings. The summed E-state index contributed by atoms with van der Waals surface area (Å²) in [6.45, 7) is 1.57. The van der Waals surface area contributed by atoms with Crippen molar-refractivity contribution in [3.05, 3.63) is 33.3 Å². The number of nitro groups is 1. The van der Waals surface area contributed by atoms with Crippen molar-refractivity contribution in [2.24, 2.45) is 0 Å². The lowest BCUT2D eigenvalue weighted by molar-refractivity contribution is -0.384. The van der Waals surface area contributed by atoms with Gasteiger partial charge in [0.1, 0.15) is 0 Å². The Balaban J connectivity index is 1.93. The zero-order valence-electron chi connectivity index (χ0n) is 12.9. The van der Waals surface area contributed by atoms with Crippen LogP contribution in [-0.2, 0) is 14.8 Å². The van der Waals surface area contributed by atoms with E-state index in [1.807, 2.05) is 4.90 Å². The minimum Gasteiger partial charge on any atom is -0.323 e. The van der Waals surface area contributed by atoms with Crippen LogP contribution in [0, 0.1) is 10.1 Å². The van der Waals surface area contributed by atoms with Crippen LogP contribution in [0.5, 0.6) is 0 Å². The fourth-order valence-electron chi connectivity index (χ4n) is 2.33. The number of benzene rings is 1. The van der Waals surface area contributed by atoms with Crippen molar-refractivity contribution in [2.75, 3.05) is 44.3 Å². The van der Waals surface area contributed by atoms with E-state index >= 15 is 0 Å². The number of carbonyl (C=O) groups is 1. The molecule has 0 aliphatic carbocycles. The van der Waals surface area contributed by atoms with Crippen LogP contribution in [0.3, 0.4) is 0 Å². The zero-order valence-corrected chi connectivity index (χ0v) is 14.5. The minimum atomic E-state index is -3.22. The first-order chi connectivity index (χ1) is 11.2. The molecule has 132 valence electrons. The van der Waals surface area contributed by atoms with Crippen molar-refractivity contribution in [3.63, 3.8) is 0 Å². The molecule has 1 aliphatic rings. The Morgan fingerprint density at radius 3 is 2.50 bits per heavy atom. The number of carbonyl (C=O) groups excluding carboxylic acids is 1. The minimum absolute atomic E-state index is 0.0522. The maximum absolute atomic E-state index is 12.1. The van der Waals surface area contributed by atoms with Gasteiger partial charge in [0.25, 0.3) is 5.69 Å². The maximum Gasteiger partial charge on any atom is 0.271 e. The molecule has 0 spiro atoms. The number of sulfonamides is 1. The molecule has 1 heterocycles. The number of piperazine rings is 1. The Morgan fingerprint density at radius 1 is 1.33 bits per heavy atom. The van der Waals surface area contributed by atoms with Crippen molar-refractivity contribution in [3.8, 4) is 0 Å². The van der Waals surface area contributed by atoms with Gasteiger partial charge in [-0.05, 0) is 6.07 Å². The Bertz CT molecular complexity index is 747. The Morgan fingerprint density at radius 2 is 1.96 bits per heavy atom. The van der Waals surface area contributed by atoms with Gasteiger partial charge in [-0.1, -0.05) is 11.6 Å². The summed E-state index contributed by atoms with van der Waals surface area (Å²) in [6, 6.07) is 3.80. The molecule has 1 fully saturated rings. The van der Waals surface area contributed by atoms with Crippen molar-refractivity contribution in [1.82, 2.24) is 9.21 Å². The summed E-state index contributed by atoms with van der Waals surface area (Å²) in [6.07, 6.45) is 1.15. The van der Waals surface area contributed by atoms with Crippen LogP contribution >= 0.6 is 11.6 Å². The van der Waals surface area contributed by atoms with E-state index in [9.17, 15) is 23.3 Å². The van der Waals surface area contributed by atoms with E-state index in [2.05, 4.69) is 5.32 Å². The number of halogens is 1. The van der Waals surface area contributed by atoms with Crippen LogP contribution < -0.4 is 5.32 Å². The molecule has 24 heavy (non-hydrogen) atoms. The first kappa shape index (κ1) is 18.6. The van der Waals surface area contributed by atoms with Crippen molar-refractivity contribution >= 4 is 38.9 Å². The second-order valence-corrected chi connectivity index (χ2v) is 7.80. The molecule has 2 rings (SSSR count). The predicted octanol–water partition coefficient (Wildman–Crippen LogP) is 0.764. The lowest BCUT2D eigenvalue weighted by Crippen LogP contribution is -2.50. The third kappa shape index (κ3) is 4.87. The number of nitrogens with zero attached hydrogens (tertiary/aromatic N) is 3. The van der Waals surface area contributed by atoms with Gasteiger partial charge in [-0.15, -0.1) is 0 Å². The topological polar surface area (TPSA) is 113 Å². The van der Waals surface area contributed by atoms with Crippen LogP contribution in [0.15, 0.2) is 18.2 Å². The normalized spacial score (nSPS) is 16.8.